The van der Waals surface area contributed by atoms with Crippen molar-refractivity contribution in [1.82, 2.24) is 0 Å². The van der Waals surface area contributed by atoms with Gasteiger partial charge in [-0.2, -0.15) is 0 Å². The van der Waals surface area contributed by atoms with Crippen LogP contribution in [0.5, 0.6) is 0 Å². The summed E-state index contributed by atoms with van der Waals surface area (Å²) in [7, 11) is 0. The summed E-state index contributed by atoms with van der Waals surface area (Å²) in [5.41, 5.74) is 18.4. The van der Waals surface area contributed by atoms with Crippen LogP contribution in [0.4, 0.5) is 11.4 Å². The average molecular weight is 534 g/mol. The second-order valence-corrected chi connectivity index (χ2v) is 13.6. The Kier molecular flexibility index (Phi) is 5.22. The molecule has 204 valence electrons. The highest BCUT2D eigenvalue weighted by Crippen LogP contribution is 2.60. The first-order valence-electron chi connectivity index (χ1n) is 15.5. The minimum absolute atomic E-state index is 0.0196. The molecule has 1 N–H and O–H groups in total. The van der Waals surface area contributed by atoms with E-state index in [0.29, 0.717) is 0 Å². The molecule has 0 atom stereocenters. The minimum atomic E-state index is -0.0196. The topological polar surface area (TPSA) is 12.0 Å². The summed E-state index contributed by atoms with van der Waals surface area (Å²) in [5.74, 6) is 0. The molecule has 1 spiro atoms. The van der Waals surface area contributed by atoms with Gasteiger partial charge in [-0.05, 0) is 124 Å². The molecule has 5 aromatic rings. The van der Waals surface area contributed by atoms with Crippen LogP contribution >= 0.6 is 0 Å². The van der Waals surface area contributed by atoms with E-state index in [0.717, 1.165) is 0 Å². The molecule has 1 nitrogen and oxygen atoms in total. The number of rotatable bonds is 2. The van der Waals surface area contributed by atoms with Crippen molar-refractivity contribution >= 4 is 22.1 Å². The molecule has 41 heavy (non-hydrogen) atoms. The highest BCUT2D eigenvalue weighted by Gasteiger charge is 2.46. The lowest BCUT2D eigenvalue weighted by Crippen LogP contribution is -2.28. The standard InChI is InChI=1S/C40H39N/c1-24-19-25(2)38(26(3)20-24)41-28-14-15-30-31-22-34-32(23-36(31)40(35(30)21-28)17-9-6-10-18-40)37-29-12-8-7-11-27(29)13-16-33(37)39(34,4)5/h7-8,11-16,19-23,41H,6,9-10,17-18H2,1-5H3. The number of hydrogen-bond acceptors (Lipinski definition) is 1. The van der Waals surface area contributed by atoms with Crippen LogP contribution < -0.4 is 5.32 Å². The summed E-state index contributed by atoms with van der Waals surface area (Å²) >= 11 is 0. The Labute approximate surface area is 244 Å². The van der Waals surface area contributed by atoms with Gasteiger partial charge in [0.15, 0.2) is 0 Å². The van der Waals surface area contributed by atoms with Gasteiger partial charge in [0.25, 0.3) is 0 Å². The van der Waals surface area contributed by atoms with Crippen LogP contribution in [-0.2, 0) is 10.8 Å². The lowest BCUT2D eigenvalue weighted by atomic mass is 9.67. The maximum atomic E-state index is 3.84. The molecule has 0 unspecified atom stereocenters. The van der Waals surface area contributed by atoms with Crippen molar-refractivity contribution in [2.75, 3.05) is 5.32 Å². The molecule has 8 rings (SSSR count). The van der Waals surface area contributed by atoms with Gasteiger partial charge in [0, 0.05) is 22.2 Å². The van der Waals surface area contributed by atoms with Crippen molar-refractivity contribution in [3.05, 3.63) is 118 Å². The molecule has 0 amide bonds. The van der Waals surface area contributed by atoms with Gasteiger partial charge in [0.1, 0.15) is 0 Å². The maximum Gasteiger partial charge on any atom is 0.0443 e. The Bertz CT molecular complexity index is 1870. The summed E-state index contributed by atoms with van der Waals surface area (Å²) in [6.07, 6.45) is 6.43. The van der Waals surface area contributed by atoms with E-state index in [2.05, 4.69) is 119 Å². The SMILES string of the molecule is Cc1cc(C)c(Nc2ccc3c(c2)C2(CCCCC2)c2cc4c(cc2-3)C(C)(C)c2ccc3ccccc3c2-4)c(C)c1. The van der Waals surface area contributed by atoms with Crippen LogP contribution in [0.1, 0.15) is 84.9 Å². The zero-order valence-corrected chi connectivity index (χ0v) is 25.0. The molecule has 3 aliphatic carbocycles. The molecule has 0 heterocycles. The maximum absolute atomic E-state index is 3.84. The van der Waals surface area contributed by atoms with Gasteiger partial charge in [-0.15, -0.1) is 0 Å². The number of nitrogens with one attached hydrogen (secondary N) is 1. The van der Waals surface area contributed by atoms with Gasteiger partial charge in [-0.3, -0.25) is 0 Å². The number of aryl methyl sites for hydroxylation is 3. The van der Waals surface area contributed by atoms with Crippen LogP contribution in [0.25, 0.3) is 33.0 Å². The molecular weight excluding hydrogens is 494 g/mol. The van der Waals surface area contributed by atoms with Crippen molar-refractivity contribution in [2.24, 2.45) is 0 Å². The molecule has 0 aliphatic heterocycles. The van der Waals surface area contributed by atoms with E-state index in [1.165, 1.54) is 104 Å². The quantitative estimate of drug-likeness (QED) is 0.238. The Morgan fingerprint density at radius 2 is 1.32 bits per heavy atom. The van der Waals surface area contributed by atoms with E-state index in [1.54, 1.807) is 11.1 Å². The third-order valence-electron chi connectivity index (χ3n) is 10.7. The third-order valence-corrected chi connectivity index (χ3v) is 10.7. The van der Waals surface area contributed by atoms with Gasteiger partial charge < -0.3 is 5.32 Å². The smallest absolute Gasteiger partial charge is 0.0443 e. The van der Waals surface area contributed by atoms with E-state index in [-0.39, 0.29) is 10.8 Å². The molecule has 1 fully saturated rings. The van der Waals surface area contributed by atoms with E-state index in [4.69, 9.17) is 0 Å². The molecular formula is C40H39N. The Morgan fingerprint density at radius 3 is 2.10 bits per heavy atom. The predicted molar refractivity (Wildman–Crippen MR) is 175 cm³/mol. The number of hydrogen-bond donors (Lipinski definition) is 1. The zero-order valence-electron chi connectivity index (χ0n) is 25.0. The van der Waals surface area contributed by atoms with Gasteiger partial charge in [-0.1, -0.05) is 93.3 Å². The first-order valence-corrected chi connectivity index (χ1v) is 15.5. The average Bonchev–Trinajstić information content (AvgIpc) is 3.35. The largest absolute Gasteiger partial charge is 0.355 e. The summed E-state index contributed by atoms with van der Waals surface area (Å²) in [4.78, 5) is 0. The molecule has 1 saturated carbocycles. The first kappa shape index (κ1) is 24.9. The minimum Gasteiger partial charge on any atom is -0.355 e. The highest BCUT2D eigenvalue weighted by molar-refractivity contribution is 6.03. The summed E-state index contributed by atoms with van der Waals surface area (Å²) in [5, 5.41) is 6.56. The zero-order chi connectivity index (χ0) is 28.1. The van der Waals surface area contributed by atoms with Gasteiger partial charge in [-0.25, -0.2) is 0 Å². The van der Waals surface area contributed by atoms with Crippen molar-refractivity contribution in [3.8, 4) is 22.3 Å². The second-order valence-electron chi connectivity index (χ2n) is 13.6. The van der Waals surface area contributed by atoms with Crippen molar-refractivity contribution in [1.29, 1.82) is 0 Å². The highest BCUT2D eigenvalue weighted by atomic mass is 14.9. The third kappa shape index (κ3) is 3.41. The summed E-state index contributed by atoms with van der Waals surface area (Å²) in [6, 6.07) is 30.7. The van der Waals surface area contributed by atoms with E-state index >= 15 is 0 Å². The molecule has 0 saturated heterocycles. The molecule has 3 aliphatic rings. The van der Waals surface area contributed by atoms with Crippen LogP contribution in [0.3, 0.4) is 0 Å². The fourth-order valence-corrected chi connectivity index (χ4v) is 8.78. The molecule has 0 aromatic heterocycles. The fraction of sp³-hybridized carbons (Fsp3) is 0.300. The van der Waals surface area contributed by atoms with Crippen LogP contribution in [-0.4, -0.2) is 0 Å². The molecule has 5 aromatic carbocycles. The lowest BCUT2D eigenvalue weighted by Gasteiger charge is -2.36. The Balaban J connectivity index is 1.33. The van der Waals surface area contributed by atoms with Crippen LogP contribution in [0.2, 0.25) is 0 Å². The predicted octanol–water partition coefficient (Wildman–Crippen LogP) is 11.0. The molecule has 0 radical (unpaired) electrons. The van der Waals surface area contributed by atoms with Gasteiger partial charge in [0.05, 0.1) is 0 Å². The van der Waals surface area contributed by atoms with Crippen LogP contribution in [0, 0.1) is 20.8 Å². The summed E-state index contributed by atoms with van der Waals surface area (Å²) in [6.45, 7) is 11.5. The monoisotopic (exact) mass is 533 g/mol. The van der Waals surface area contributed by atoms with Crippen molar-refractivity contribution < 1.29 is 0 Å². The normalized spacial score (nSPS) is 17.3. The van der Waals surface area contributed by atoms with Gasteiger partial charge >= 0.3 is 0 Å². The first-order chi connectivity index (χ1) is 19.8. The number of benzene rings is 5. The number of fused-ring (bicyclic) bond motifs is 10. The molecule has 1 heteroatoms. The van der Waals surface area contributed by atoms with E-state index in [9.17, 15) is 0 Å². The lowest BCUT2D eigenvalue weighted by molar-refractivity contribution is 0.353. The van der Waals surface area contributed by atoms with E-state index < -0.39 is 0 Å². The van der Waals surface area contributed by atoms with Crippen molar-refractivity contribution in [2.45, 2.75) is 77.6 Å². The number of anilines is 2. The Hall–Kier alpha value is -3.84. The Morgan fingerprint density at radius 1 is 0.610 bits per heavy atom. The second kappa shape index (κ2) is 8.58. The van der Waals surface area contributed by atoms with Crippen molar-refractivity contribution in [3.63, 3.8) is 0 Å². The van der Waals surface area contributed by atoms with Gasteiger partial charge in [0.2, 0.25) is 0 Å². The summed E-state index contributed by atoms with van der Waals surface area (Å²) < 4.78 is 0. The fourth-order valence-electron chi connectivity index (χ4n) is 8.78. The molecule has 0 bridgehead atoms. The van der Waals surface area contributed by atoms with Crippen LogP contribution in [0.15, 0.2) is 78.9 Å². The van der Waals surface area contributed by atoms with E-state index in [1.807, 2.05) is 0 Å².